The summed E-state index contributed by atoms with van der Waals surface area (Å²) in [5.74, 6) is -1.05. The number of nitriles is 1. The predicted octanol–water partition coefficient (Wildman–Crippen LogP) is 1.19. The third-order valence-corrected chi connectivity index (χ3v) is 2.68. The first-order valence-electron chi connectivity index (χ1n) is 6.44. The van der Waals surface area contributed by atoms with Gasteiger partial charge in [-0.3, -0.25) is 9.59 Å². The third-order valence-electron chi connectivity index (χ3n) is 2.37. The van der Waals surface area contributed by atoms with Crippen molar-refractivity contribution in [1.82, 2.24) is 10.3 Å². The maximum Gasteiger partial charge on any atom is 0.312 e. The Balaban J connectivity index is 2.62. The lowest BCUT2D eigenvalue weighted by Crippen LogP contribution is -2.42. The van der Waals surface area contributed by atoms with Crippen molar-refractivity contribution in [3.8, 4) is 6.07 Å². The molecule has 0 atom stereocenters. The maximum absolute atomic E-state index is 11.7. The minimum absolute atomic E-state index is 0.0548. The smallest absolute Gasteiger partial charge is 0.312 e. The van der Waals surface area contributed by atoms with Crippen molar-refractivity contribution in [2.45, 2.75) is 32.7 Å². The molecule has 1 aromatic rings. The number of amides is 1. The number of carbonyl (C=O) groups excluding carboxylic acids is 2. The fourth-order valence-electron chi connectivity index (χ4n) is 1.55. The number of anilines is 1. The highest BCUT2D eigenvalue weighted by Crippen LogP contribution is 2.22. The van der Waals surface area contributed by atoms with E-state index in [4.69, 9.17) is 27.3 Å². The molecule has 0 bridgehead atoms. The molecular weight excluding hydrogens is 308 g/mol. The number of carbonyl (C=O) groups is 2. The number of nitrogen functional groups attached to an aromatic ring is 1. The maximum atomic E-state index is 11.7. The second-order valence-corrected chi connectivity index (χ2v) is 6.01. The lowest BCUT2D eigenvalue weighted by Gasteiger charge is -2.20. The van der Waals surface area contributed by atoms with Crippen LogP contribution in [0.2, 0.25) is 5.02 Å². The Bertz CT molecular complexity index is 632. The number of pyridine rings is 1. The summed E-state index contributed by atoms with van der Waals surface area (Å²) in [6.07, 6.45) is -0.211. The van der Waals surface area contributed by atoms with Gasteiger partial charge >= 0.3 is 5.97 Å². The van der Waals surface area contributed by atoms with E-state index in [1.165, 1.54) is 6.07 Å². The van der Waals surface area contributed by atoms with Crippen molar-refractivity contribution in [3.63, 3.8) is 0 Å². The number of aromatic nitrogens is 1. The van der Waals surface area contributed by atoms with Gasteiger partial charge in [0.1, 0.15) is 6.07 Å². The summed E-state index contributed by atoms with van der Waals surface area (Å²) in [7, 11) is 0. The number of esters is 1. The normalized spacial score (nSPS) is 10.7. The molecule has 0 aliphatic rings. The lowest BCUT2D eigenvalue weighted by atomic mass is 10.1. The fraction of sp³-hybridized carbons (Fsp3) is 0.429. The van der Waals surface area contributed by atoms with Crippen LogP contribution in [0.15, 0.2) is 6.07 Å². The van der Waals surface area contributed by atoms with Gasteiger partial charge in [-0.25, -0.2) is 4.98 Å². The van der Waals surface area contributed by atoms with E-state index in [9.17, 15) is 9.59 Å². The van der Waals surface area contributed by atoms with Gasteiger partial charge in [0.2, 0.25) is 0 Å². The molecule has 1 heterocycles. The molecule has 0 aliphatic heterocycles. The minimum atomic E-state index is -0.652. The van der Waals surface area contributed by atoms with Gasteiger partial charge in [0, 0.05) is 5.54 Å². The molecule has 0 saturated heterocycles. The van der Waals surface area contributed by atoms with Gasteiger partial charge in [0.05, 0.1) is 22.8 Å². The molecule has 0 aliphatic carbocycles. The van der Waals surface area contributed by atoms with Crippen LogP contribution in [0.25, 0.3) is 0 Å². The average Bonchev–Trinajstić information content (AvgIpc) is 2.38. The van der Waals surface area contributed by atoms with Crippen molar-refractivity contribution >= 4 is 29.2 Å². The first kappa shape index (κ1) is 17.7. The van der Waals surface area contributed by atoms with Crippen molar-refractivity contribution < 1.29 is 14.3 Å². The van der Waals surface area contributed by atoms with E-state index in [1.807, 2.05) is 20.8 Å². The molecule has 3 N–H and O–H groups in total. The third kappa shape index (κ3) is 5.58. The first-order valence-corrected chi connectivity index (χ1v) is 6.82. The molecule has 0 radical (unpaired) electrons. The average molecular weight is 325 g/mol. The van der Waals surface area contributed by atoms with E-state index in [0.29, 0.717) is 0 Å². The number of rotatable bonds is 4. The molecule has 1 aromatic heterocycles. The highest BCUT2D eigenvalue weighted by Gasteiger charge is 2.16. The molecule has 22 heavy (non-hydrogen) atoms. The lowest BCUT2D eigenvalue weighted by molar-refractivity contribution is -0.148. The highest BCUT2D eigenvalue weighted by atomic mass is 35.5. The Morgan fingerprint density at radius 3 is 2.68 bits per heavy atom. The van der Waals surface area contributed by atoms with Crippen LogP contribution in [0.3, 0.4) is 0 Å². The Morgan fingerprint density at radius 2 is 2.14 bits per heavy atom. The molecule has 0 saturated carbocycles. The molecule has 1 rings (SSSR count). The van der Waals surface area contributed by atoms with Gasteiger partial charge < -0.3 is 15.8 Å². The largest absolute Gasteiger partial charge is 0.455 e. The number of ether oxygens (including phenoxy) is 1. The van der Waals surface area contributed by atoms with Crippen LogP contribution in [0.5, 0.6) is 0 Å². The van der Waals surface area contributed by atoms with Gasteiger partial charge in [0.25, 0.3) is 5.91 Å². The van der Waals surface area contributed by atoms with Crippen LogP contribution in [-0.4, -0.2) is 29.0 Å². The van der Waals surface area contributed by atoms with Crippen molar-refractivity contribution in [2.24, 2.45) is 0 Å². The molecule has 0 fully saturated rings. The Labute approximate surface area is 133 Å². The molecule has 7 nitrogen and oxygen atoms in total. The van der Waals surface area contributed by atoms with Crippen LogP contribution in [0.4, 0.5) is 5.69 Å². The van der Waals surface area contributed by atoms with E-state index >= 15 is 0 Å². The first-order chi connectivity index (χ1) is 10.1. The van der Waals surface area contributed by atoms with Crippen molar-refractivity contribution in [1.29, 1.82) is 5.26 Å². The summed E-state index contributed by atoms with van der Waals surface area (Å²) in [6, 6.07) is 3.17. The number of nitrogens with two attached hydrogens (primary N) is 1. The fourth-order valence-corrected chi connectivity index (χ4v) is 1.76. The van der Waals surface area contributed by atoms with Gasteiger partial charge in [-0.05, 0) is 26.8 Å². The number of nitrogens with one attached hydrogen (secondary N) is 1. The minimum Gasteiger partial charge on any atom is -0.455 e. The summed E-state index contributed by atoms with van der Waals surface area (Å²) in [5.41, 5.74) is 5.41. The van der Waals surface area contributed by atoms with Crippen LogP contribution < -0.4 is 11.1 Å². The van der Waals surface area contributed by atoms with Gasteiger partial charge in [-0.15, -0.1) is 0 Å². The Kier molecular flexibility index (Phi) is 5.71. The van der Waals surface area contributed by atoms with Crippen LogP contribution in [-0.2, 0) is 20.7 Å². The summed E-state index contributed by atoms with van der Waals surface area (Å²) in [5, 5.41) is 11.7. The van der Waals surface area contributed by atoms with E-state index in [0.717, 1.165) is 0 Å². The van der Waals surface area contributed by atoms with Crippen LogP contribution in [0.1, 0.15) is 32.2 Å². The quantitative estimate of drug-likeness (QED) is 0.803. The summed E-state index contributed by atoms with van der Waals surface area (Å²) >= 11 is 5.85. The summed E-state index contributed by atoms with van der Waals surface area (Å²) in [6.45, 7) is 5.06. The number of halogens is 1. The molecule has 0 unspecified atom stereocenters. The zero-order chi connectivity index (χ0) is 16.9. The van der Waals surface area contributed by atoms with E-state index in [2.05, 4.69) is 10.3 Å². The second-order valence-electron chi connectivity index (χ2n) is 5.61. The van der Waals surface area contributed by atoms with Crippen molar-refractivity contribution in [2.75, 3.05) is 12.3 Å². The SMILES string of the molecule is CC(C)(C)NC(=O)COC(=O)Cc1cc(Cl)c(N)c(C#N)n1. The van der Waals surface area contributed by atoms with Crippen LogP contribution in [0, 0.1) is 11.3 Å². The standard InChI is InChI=1S/C14H17ClN4O3/c1-14(2,3)19-11(20)7-22-12(21)5-8-4-9(15)13(17)10(6-16)18-8/h4H,5,7,17H2,1-3H3,(H,19,20). The van der Waals surface area contributed by atoms with Crippen molar-refractivity contribution in [3.05, 3.63) is 22.5 Å². The van der Waals surface area contributed by atoms with Crippen LogP contribution >= 0.6 is 11.6 Å². The van der Waals surface area contributed by atoms with Gasteiger partial charge in [-0.1, -0.05) is 11.6 Å². The number of hydrogen-bond acceptors (Lipinski definition) is 6. The summed E-state index contributed by atoms with van der Waals surface area (Å²) < 4.78 is 4.85. The number of hydrogen-bond donors (Lipinski definition) is 2. The van der Waals surface area contributed by atoms with E-state index in [1.54, 1.807) is 6.07 Å². The molecular formula is C14H17ClN4O3. The number of nitrogens with zero attached hydrogens (tertiary/aromatic N) is 2. The van der Waals surface area contributed by atoms with Gasteiger partial charge in [0.15, 0.2) is 12.3 Å². The zero-order valence-electron chi connectivity index (χ0n) is 12.6. The topological polar surface area (TPSA) is 118 Å². The Hall–Kier alpha value is -2.33. The molecule has 118 valence electrons. The molecule has 0 aromatic carbocycles. The Morgan fingerprint density at radius 1 is 1.50 bits per heavy atom. The van der Waals surface area contributed by atoms with E-state index in [-0.39, 0.29) is 35.1 Å². The molecule has 0 spiro atoms. The second kappa shape index (κ2) is 7.09. The van der Waals surface area contributed by atoms with E-state index < -0.39 is 17.4 Å². The highest BCUT2D eigenvalue weighted by molar-refractivity contribution is 6.33. The summed E-state index contributed by atoms with van der Waals surface area (Å²) in [4.78, 5) is 27.1. The monoisotopic (exact) mass is 324 g/mol. The zero-order valence-corrected chi connectivity index (χ0v) is 13.3. The van der Waals surface area contributed by atoms with Gasteiger partial charge in [-0.2, -0.15) is 5.26 Å². The molecule has 8 heteroatoms. The molecule has 1 amide bonds. The predicted molar refractivity (Wildman–Crippen MR) is 80.9 cm³/mol.